The molecule has 5 aromatic carbocycles. The summed E-state index contributed by atoms with van der Waals surface area (Å²) in [5, 5.41) is 11.5. The minimum Gasteiger partial charge on any atom is -0.0984 e. The van der Waals surface area contributed by atoms with Crippen LogP contribution < -0.4 is 5.22 Å². The summed E-state index contributed by atoms with van der Waals surface area (Å²) in [5.74, 6) is 0. The fourth-order valence-electron chi connectivity index (χ4n) is 3.93. The molecule has 0 bridgehead atoms. The molecule has 0 heteroatoms. The second-order valence-corrected chi connectivity index (χ2v) is 5.95. The van der Waals surface area contributed by atoms with Gasteiger partial charge >= 0.3 is 0 Å². The summed E-state index contributed by atoms with van der Waals surface area (Å²) in [4.78, 5) is 0. The maximum atomic E-state index is 4.27. The molecule has 0 aliphatic rings. The van der Waals surface area contributed by atoms with Crippen LogP contribution in [0.5, 0.6) is 0 Å². The maximum absolute atomic E-state index is 4.27. The topological polar surface area (TPSA) is 0 Å². The minimum atomic E-state index is 1.07. The van der Waals surface area contributed by atoms with Gasteiger partial charge in [-0.1, -0.05) is 73.8 Å². The van der Waals surface area contributed by atoms with E-state index in [9.17, 15) is 0 Å². The van der Waals surface area contributed by atoms with Crippen LogP contribution in [0.1, 0.15) is 5.56 Å². The van der Waals surface area contributed by atoms with Gasteiger partial charge < -0.3 is 0 Å². The zero-order chi connectivity index (χ0) is 14.8. The monoisotopic (exact) mass is 278 g/mol. The number of rotatable bonds is 1. The van der Waals surface area contributed by atoms with Crippen molar-refractivity contribution >= 4 is 55.7 Å². The molecule has 5 aromatic rings. The number of hydrogen-bond donors (Lipinski definition) is 0. The average Bonchev–Trinajstić information content (AvgIpc) is 2.56. The van der Waals surface area contributed by atoms with E-state index in [0.717, 1.165) is 5.22 Å². The van der Waals surface area contributed by atoms with Gasteiger partial charge in [0, 0.05) is 0 Å². The molecule has 0 fully saturated rings. The van der Waals surface area contributed by atoms with E-state index in [-0.39, 0.29) is 0 Å². The summed E-state index contributed by atoms with van der Waals surface area (Å²) >= 11 is 0. The zero-order valence-corrected chi connectivity index (χ0v) is 12.2. The molecule has 0 atom stereocenters. The van der Waals surface area contributed by atoms with Gasteiger partial charge in [0.15, 0.2) is 0 Å². The van der Waals surface area contributed by atoms with E-state index in [0.29, 0.717) is 0 Å². The lowest BCUT2D eigenvalue weighted by molar-refractivity contribution is 1.72. The standard InChI is InChI=1S/C22H14/c1-3-17-18-6-4-5-14-9-10-16-12-11-15-8-7-13(2)19(17)21(15)22(16)20(14)18/h3-12H,1-2H2. The van der Waals surface area contributed by atoms with E-state index in [2.05, 4.69) is 67.8 Å². The first-order valence-corrected chi connectivity index (χ1v) is 7.53. The van der Waals surface area contributed by atoms with Crippen LogP contribution >= 0.6 is 0 Å². The van der Waals surface area contributed by atoms with Crippen molar-refractivity contribution in [3.63, 3.8) is 0 Å². The largest absolute Gasteiger partial charge is 0.0984 e. The van der Waals surface area contributed by atoms with Gasteiger partial charge in [-0.2, -0.15) is 0 Å². The minimum absolute atomic E-state index is 1.07. The third-order valence-corrected chi connectivity index (χ3v) is 4.86. The van der Waals surface area contributed by atoms with Crippen molar-refractivity contribution in [2.24, 2.45) is 0 Å². The van der Waals surface area contributed by atoms with Gasteiger partial charge in [-0.15, -0.1) is 0 Å². The molecule has 0 radical (unpaired) electrons. The van der Waals surface area contributed by atoms with Crippen LogP contribution in [0.15, 0.2) is 61.2 Å². The molecule has 0 spiro atoms. The molecule has 0 aromatic heterocycles. The van der Waals surface area contributed by atoms with Crippen molar-refractivity contribution in [3.05, 3.63) is 72.0 Å². The molecule has 0 aliphatic heterocycles. The third kappa shape index (κ3) is 1.23. The van der Waals surface area contributed by atoms with Crippen LogP contribution in [0.4, 0.5) is 0 Å². The summed E-state index contributed by atoms with van der Waals surface area (Å²) in [5.41, 5.74) is 1.20. The quantitative estimate of drug-likeness (QED) is 0.280. The Bertz CT molecular complexity index is 1240. The molecular weight excluding hydrogens is 264 g/mol. The van der Waals surface area contributed by atoms with Gasteiger partial charge in [-0.25, -0.2) is 0 Å². The molecule has 5 rings (SSSR count). The molecular formula is C22H14. The van der Waals surface area contributed by atoms with Crippen molar-refractivity contribution in [3.8, 4) is 0 Å². The summed E-state index contributed by atoms with van der Waals surface area (Å²) in [6.07, 6.45) is 1.98. The average molecular weight is 278 g/mol. The number of benzene rings is 5. The summed E-state index contributed by atoms with van der Waals surface area (Å²) in [6, 6.07) is 19.7. The summed E-state index contributed by atoms with van der Waals surface area (Å²) in [7, 11) is 0. The highest BCUT2D eigenvalue weighted by molar-refractivity contribution is 6.33. The lowest BCUT2D eigenvalue weighted by Gasteiger charge is -2.17. The lowest BCUT2D eigenvalue weighted by Crippen LogP contribution is -2.03. The van der Waals surface area contributed by atoms with Crippen LogP contribution in [0.25, 0.3) is 55.7 Å². The summed E-state index contributed by atoms with van der Waals surface area (Å²) < 4.78 is 0. The van der Waals surface area contributed by atoms with Crippen molar-refractivity contribution in [2.75, 3.05) is 0 Å². The van der Waals surface area contributed by atoms with Gasteiger partial charge in [-0.3, -0.25) is 0 Å². The normalized spacial score (nSPS) is 12.0. The van der Waals surface area contributed by atoms with E-state index in [1.165, 1.54) is 48.7 Å². The van der Waals surface area contributed by atoms with Crippen LogP contribution in [0.3, 0.4) is 0 Å². The Balaban J connectivity index is 2.37. The second-order valence-electron chi connectivity index (χ2n) is 5.95. The molecule has 0 aliphatic carbocycles. The van der Waals surface area contributed by atoms with Crippen molar-refractivity contribution in [1.29, 1.82) is 0 Å². The van der Waals surface area contributed by atoms with Gasteiger partial charge in [0.1, 0.15) is 0 Å². The van der Waals surface area contributed by atoms with E-state index in [1.807, 2.05) is 6.08 Å². The first-order chi connectivity index (χ1) is 10.8. The molecule has 22 heavy (non-hydrogen) atoms. The predicted octanol–water partition coefficient (Wildman–Crippen LogP) is 5.51. The second kappa shape index (κ2) is 3.86. The molecule has 0 saturated heterocycles. The molecule has 102 valence electrons. The van der Waals surface area contributed by atoms with Crippen molar-refractivity contribution in [1.82, 2.24) is 0 Å². The predicted molar refractivity (Wildman–Crippen MR) is 98.5 cm³/mol. The smallest absolute Gasteiger partial charge is 0.00141 e. The Kier molecular flexibility index (Phi) is 2.07. The Morgan fingerprint density at radius 3 is 1.91 bits per heavy atom. The third-order valence-electron chi connectivity index (χ3n) is 4.86. The van der Waals surface area contributed by atoms with Crippen LogP contribution in [-0.2, 0) is 0 Å². The maximum Gasteiger partial charge on any atom is -0.00141 e. The molecule has 0 N–H and O–H groups in total. The fourth-order valence-corrected chi connectivity index (χ4v) is 3.93. The van der Waals surface area contributed by atoms with Crippen molar-refractivity contribution < 1.29 is 0 Å². The first kappa shape index (κ1) is 11.8. The highest BCUT2D eigenvalue weighted by Gasteiger charge is 2.15. The Hall–Kier alpha value is -2.86. The lowest BCUT2D eigenvalue weighted by atomic mass is 9.86. The molecule has 0 nitrogen and oxygen atoms in total. The molecule has 0 amide bonds. The first-order valence-electron chi connectivity index (χ1n) is 7.53. The Labute approximate surface area is 128 Å². The van der Waals surface area contributed by atoms with Crippen LogP contribution in [0.2, 0.25) is 0 Å². The van der Waals surface area contributed by atoms with Gasteiger partial charge in [0.2, 0.25) is 0 Å². The molecule has 0 saturated carbocycles. The van der Waals surface area contributed by atoms with Crippen LogP contribution in [-0.4, -0.2) is 0 Å². The fraction of sp³-hybridized carbons (Fsp3) is 0. The Morgan fingerprint density at radius 2 is 1.23 bits per heavy atom. The SMILES string of the molecule is C=Cc1c2cccc3ccc4ccc5ccc(=C)c1c5c4c32. The summed E-state index contributed by atoms with van der Waals surface area (Å²) in [6.45, 7) is 8.34. The highest BCUT2D eigenvalue weighted by atomic mass is 14.2. The van der Waals surface area contributed by atoms with Crippen molar-refractivity contribution in [2.45, 2.75) is 0 Å². The van der Waals surface area contributed by atoms with Gasteiger partial charge in [0.25, 0.3) is 0 Å². The Morgan fingerprint density at radius 1 is 0.636 bits per heavy atom. The highest BCUT2D eigenvalue weighted by Crippen LogP contribution is 2.41. The van der Waals surface area contributed by atoms with E-state index in [1.54, 1.807) is 0 Å². The molecule has 0 heterocycles. The van der Waals surface area contributed by atoms with Crippen LogP contribution in [0, 0.1) is 0 Å². The zero-order valence-electron chi connectivity index (χ0n) is 12.2. The van der Waals surface area contributed by atoms with E-state index < -0.39 is 0 Å². The van der Waals surface area contributed by atoms with Gasteiger partial charge in [0.05, 0.1) is 0 Å². The number of hydrogen-bond acceptors (Lipinski definition) is 0. The molecule has 0 unspecified atom stereocenters. The van der Waals surface area contributed by atoms with E-state index >= 15 is 0 Å². The van der Waals surface area contributed by atoms with Gasteiger partial charge in [-0.05, 0) is 53.9 Å². The van der Waals surface area contributed by atoms with E-state index in [4.69, 9.17) is 0 Å².